The van der Waals surface area contributed by atoms with Gasteiger partial charge >= 0.3 is 17.8 Å². The Kier molecular flexibility index (Phi) is 5.12. The van der Waals surface area contributed by atoms with Gasteiger partial charge in [-0.05, 0) is 19.8 Å². The van der Waals surface area contributed by atoms with Crippen LogP contribution in [-0.2, 0) is 22.8 Å². The second kappa shape index (κ2) is 6.73. The second-order valence-corrected chi connectivity index (χ2v) is 5.42. The fourth-order valence-electron chi connectivity index (χ4n) is 2.65. The number of carbonyl (C=O) groups excluding carboxylic acids is 1. The number of carbonyl (C=O) groups is 1. The van der Waals surface area contributed by atoms with Crippen molar-refractivity contribution in [2.75, 3.05) is 26.2 Å². The van der Waals surface area contributed by atoms with Gasteiger partial charge in [-0.3, -0.25) is 14.3 Å². The minimum absolute atomic E-state index is 0.144. The lowest BCUT2D eigenvalue weighted by atomic mass is 10.1. The van der Waals surface area contributed by atoms with Crippen LogP contribution >= 0.6 is 0 Å². The lowest BCUT2D eigenvalue weighted by molar-refractivity contribution is -0.147. The molecule has 2 rings (SSSR count). The summed E-state index contributed by atoms with van der Waals surface area (Å²) >= 11 is 0. The van der Waals surface area contributed by atoms with Crippen molar-refractivity contribution >= 4 is 5.97 Å². The van der Waals surface area contributed by atoms with Crippen molar-refractivity contribution in [3.05, 3.63) is 16.3 Å². The van der Waals surface area contributed by atoms with Gasteiger partial charge < -0.3 is 4.74 Å². The molecule has 0 atom stereocenters. The Morgan fingerprint density at radius 3 is 2.43 bits per heavy atom. The fourth-order valence-corrected chi connectivity index (χ4v) is 2.65. The molecule has 1 aliphatic heterocycles. The quantitative estimate of drug-likeness (QED) is 0.761. The first-order valence-electron chi connectivity index (χ1n) is 7.34. The standard InChI is InChI=1S/C13H19F3N4O3/c1-3-23-10(21)8-19-6-4-9(5-7-19)20-12(22)18(2)11(17-20)13(14,15)16/h9H,3-8H2,1-2H3. The Balaban J connectivity index is 2.04. The first-order chi connectivity index (χ1) is 10.7. The zero-order valence-corrected chi connectivity index (χ0v) is 13.0. The molecule has 10 heteroatoms. The van der Waals surface area contributed by atoms with Crippen LogP contribution in [0.15, 0.2) is 4.79 Å². The van der Waals surface area contributed by atoms with E-state index in [-0.39, 0.29) is 12.5 Å². The van der Waals surface area contributed by atoms with Gasteiger partial charge in [-0.25, -0.2) is 9.48 Å². The molecule has 1 aromatic rings. The van der Waals surface area contributed by atoms with E-state index in [1.807, 2.05) is 4.90 Å². The number of nitrogens with zero attached hydrogens (tertiary/aromatic N) is 4. The number of ether oxygens (including phenoxy) is 1. The topological polar surface area (TPSA) is 69.4 Å². The molecule has 23 heavy (non-hydrogen) atoms. The van der Waals surface area contributed by atoms with Crippen molar-refractivity contribution in [3.63, 3.8) is 0 Å². The summed E-state index contributed by atoms with van der Waals surface area (Å²) in [5.74, 6) is -1.53. The third-order valence-electron chi connectivity index (χ3n) is 3.82. The molecule has 2 heterocycles. The van der Waals surface area contributed by atoms with Gasteiger partial charge in [0.15, 0.2) is 0 Å². The Bertz CT molecular complexity index is 615. The first kappa shape index (κ1) is 17.5. The monoisotopic (exact) mass is 336 g/mol. The van der Waals surface area contributed by atoms with E-state index in [0.29, 0.717) is 37.1 Å². The average Bonchev–Trinajstić information content (AvgIpc) is 2.76. The van der Waals surface area contributed by atoms with Crippen LogP contribution in [0.25, 0.3) is 0 Å². The van der Waals surface area contributed by atoms with Crippen LogP contribution in [0.5, 0.6) is 0 Å². The Morgan fingerprint density at radius 1 is 1.35 bits per heavy atom. The van der Waals surface area contributed by atoms with Gasteiger partial charge in [-0.2, -0.15) is 13.2 Å². The molecule has 1 aromatic heterocycles. The third kappa shape index (κ3) is 3.92. The Hall–Kier alpha value is -1.84. The number of aromatic nitrogens is 3. The maximum absolute atomic E-state index is 12.8. The van der Waals surface area contributed by atoms with Crippen molar-refractivity contribution in [2.45, 2.75) is 32.0 Å². The average molecular weight is 336 g/mol. The van der Waals surface area contributed by atoms with Crippen LogP contribution in [-0.4, -0.2) is 51.5 Å². The van der Waals surface area contributed by atoms with E-state index in [4.69, 9.17) is 4.74 Å². The normalized spacial score (nSPS) is 17.4. The van der Waals surface area contributed by atoms with Crippen LogP contribution in [0.3, 0.4) is 0 Å². The van der Waals surface area contributed by atoms with Crippen molar-refractivity contribution in [1.82, 2.24) is 19.2 Å². The molecule has 0 unspecified atom stereocenters. The zero-order valence-electron chi connectivity index (χ0n) is 13.0. The highest BCUT2D eigenvalue weighted by atomic mass is 19.4. The summed E-state index contributed by atoms with van der Waals surface area (Å²) in [6, 6.07) is -0.400. The molecule has 0 aromatic carbocycles. The van der Waals surface area contributed by atoms with Gasteiger partial charge in [0.1, 0.15) is 0 Å². The summed E-state index contributed by atoms with van der Waals surface area (Å²) in [5, 5.41) is 3.45. The zero-order chi connectivity index (χ0) is 17.2. The molecule has 7 nitrogen and oxygen atoms in total. The summed E-state index contributed by atoms with van der Waals surface area (Å²) in [6.07, 6.45) is -3.76. The fraction of sp³-hybridized carbons (Fsp3) is 0.769. The molecule has 0 N–H and O–H groups in total. The van der Waals surface area contributed by atoms with Gasteiger partial charge in [0.05, 0.1) is 19.2 Å². The molecule has 1 saturated heterocycles. The van der Waals surface area contributed by atoms with Gasteiger partial charge in [0, 0.05) is 20.1 Å². The molecule has 0 amide bonds. The van der Waals surface area contributed by atoms with Gasteiger partial charge in [0.2, 0.25) is 5.82 Å². The molecule has 0 bridgehead atoms. The maximum atomic E-state index is 12.8. The summed E-state index contributed by atoms with van der Waals surface area (Å²) in [5.41, 5.74) is -0.777. The molecule has 1 fully saturated rings. The number of hydrogen-bond donors (Lipinski definition) is 0. The molecule has 1 aliphatic rings. The molecule has 0 aliphatic carbocycles. The van der Waals surface area contributed by atoms with E-state index >= 15 is 0 Å². The van der Waals surface area contributed by atoms with E-state index in [0.717, 1.165) is 11.7 Å². The largest absolute Gasteiger partial charge is 0.465 e. The van der Waals surface area contributed by atoms with Crippen LogP contribution in [0.4, 0.5) is 13.2 Å². The number of esters is 1. The van der Waals surface area contributed by atoms with Crippen LogP contribution in [0.1, 0.15) is 31.6 Å². The summed E-state index contributed by atoms with van der Waals surface area (Å²) in [7, 11) is 1.06. The molecular formula is C13H19F3N4O3. The van der Waals surface area contributed by atoms with E-state index in [1.165, 1.54) is 0 Å². The smallest absolute Gasteiger partial charge is 0.451 e. The van der Waals surface area contributed by atoms with Gasteiger partial charge in [0.25, 0.3) is 0 Å². The Morgan fingerprint density at radius 2 is 1.96 bits per heavy atom. The summed E-state index contributed by atoms with van der Waals surface area (Å²) < 4.78 is 44.7. The number of halogens is 3. The molecule has 0 radical (unpaired) electrons. The van der Waals surface area contributed by atoms with Gasteiger partial charge in [-0.15, -0.1) is 5.10 Å². The molecular weight excluding hydrogens is 317 g/mol. The highest BCUT2D eigenvalue weighted by Gasteiger charge is 2.39. The maximum Gasteiger partial charge on any atom is 0.451 e. The Labute approximate surface area is 130 Å². The lowest BCUT2D eigenvalue weighted by Gasteiger charge is -2.30. The third-order valence-corrected chi connectivity index (χ3v) is 3.82. The molecule has 0 spiro atoms. The number of hydrogen-bond acceptors (Lipinski definition) is 5. The molecule has 0 saturated carbocycles. The SMILES string of the molecule is CCOC(=O)CN1CCC(n2nc(C(F)(F)F)n(C)c2=O)CC1. The molecule has 130 valence electrons. The number of alkyl halides is 3. The minimum Gasteiger partial charge on any atom is -0.465 e. The van der Waals surface area contributed by atoms with E-state index in [2.05, 4.69) is 5.10 Å². The van der Waals surface area contributed by atoms with Crippen LogP contribution in [0, 0.1) is 0 Å². The van der Waals surface area contributed by atoms with Crippen LogP contribution < -0.4 is 5.69 Å². The number of piperidine rings is 1. The van der Waals surface area contributed by atoms with Crippen molar-refractivity contribution in [2.24, 2.45) is 7.05 Å². The summed E-state index contributed by atoms with van der Waals surface area (Å²) in [4.78, 5) is 25.2. The highest BCUT2D eigenvalue weighted by Crippen LogP contribution is 2.28. The number of likely N-dealkylation sites (tertiary alicyclic amines) is 1. The highest BCUT2D eigenvalue weighted by molar-refractivity contribution is 5.71. The first-order valence-corrected chi connectivity index (χ1v) is 7.34. The summed E-state index contributed by atoms with van der Waals surface area (Å²) in [6.45, 7) is 3.15. The predicted molar refractivity (Wildman–Crippen MR) is 73.8 cm³/mol. The lowest BCUT2D eigenvalue weighted by Crippen LogP contribution is -2.40. The predicted octanol–water partition coefficient (Wildman–Crippen LogP) is 0.801. The van der Waals surface area contributed by atoms with Crippen molar-refractivity contribution in [3.8, 4) is 0 Å². The number of rotatable bonds is 4. The van der Waals surface area contributed by atoms with E-state index in [9.17, 15) is 22.8 Å². The minimum atomic E-state index is -4.66. The van der Waals surface area contributed by atoms with E-state index in [1.54, 1.807) is 6.92 Å². The second-order valence-electron chi connectivity index (χ2n) is 5.42. The van der Waals surface area contributed by atoms with E-state index < -0.39 is 23.7 Å². The van der Waals surface area contributed by atoms with Crippen LogP contribution in [0.2, 0.25) is 0 Å². The van der Waals surface area contributed by atoms with Crippen molar-refractivity contribution < 1.29 is 22.7 Å². The van der Waals surface area contributed by atoms with Gasteiger partial charge in [-0.1, -0.05) is 0 Å². The van der Waals surface area contributed by atoms with Crippen molar-refractivity contribution in [1.29, 1.82) is 0 Å².